The first kappa shape index (κ1) is 12.3. The van der Waals surface area contributed by atoms with Gasteiger partial charge < -0.3 is 0 Å². The summed E-state index contributed by atoms with van der Waals surface area (Å²) in [5.74, 6) is 5.82. The first-order valence-corrected chi connectivity index (χ1v) is 6.89. The van der Waals surface area contributed by atoms with Crippen LogP contribution in [0.4, 0.5) is 0 Å². The number of nitrogens with zero attached hydrogens (tertiary/aromatic N) is 1. The molecule has 0 amide bonds. The summed E-state index contributed by atoms with van der Waals surface area (Å²) in [7, 11) is 0. The van der Waals surface area contributed by atoms with Crippen molar-refractivity contribution in [2.24, 2.45) is 5.84 Å². The third-order valence-electron chi connectivity index (χ3n) is 3.85. The molecular formula is C16H19N3. The quantitative estimate of drug-likeness (QED) is 0.501. The Morgan fingerprint density at radius 1 is 1.16 bits per heavy atom. The minimum absolute atomic E-state index is 0.105. The van der Waals surface area contributed by atoms with Crippen molar-refractivity contribution in [2.45, 2.75) is 31.7 Å². The number of nitrogens with two attached hydrogens (primary N) is 1. The molecule has 0 saturated heterocycles. The summed E-state index contributed by atoms with van der Waals surface area (Å²) in [6, 6.07) is 10.4. The van der Waals surface area contributed by atoms with Gasteiger partial charge in [0.2, 0.25) is 0 Å². The molecule has 3 heteroatoms. The third-order valence-corrected chi connectivity index (χ3v) is 3.85. The lowest BCUT2D eigenvalue weighted by atomic mass is 9.88. The highest BCUT2D eigenvalue weighted by Crippen LogP contribution is 2.32. The number of pyridine rings is 1. The maximum atomic E-state index is 5.82. The van der Waals surface area contributed by atoms with Crippen LogP contribution in [0.5, 0.6) is 0 Å². The van der Waals surface area contributed by atoms with Gasteiger partial charge in [0, 0.05) is 11.6 Å². The van der Waals surface area contributed by atoms with Gasteiger partial charge in [-0.05, 0) is 43.4 Å². The Morgan fingerprint density at radius 2 is 2.11 bits per heavy atom. The van der Waals surface area contributed by atoms with E-state index in [4.69, 9.17) is 5.84 Å². The van der Waals surface area contributed by atoms with E-state index in [2.05, 4.69) is 34.7 Å². The van der Waals surface area contributed by atoms with Gasteiger partial charge in [0.1, 0.15) is 0 Å². The van der Waals surface area contributed by atoms with Crippen LogP contribution < -0.4 is 11.3 Å². The Morgan fingerprint density at radius 3 is 2.89 bits per heavy atom. The van der Waals surface area contributed by atoms with Crippen LogP contribution in [0, 0.1) is 0 Å². The van der Waals surface area contributed by atoms with Crippen LogP contribution >= 0.6 is 0 Å². The van der Waals surface area contributed by atoms with Crippen molar-refractivity contribution in [3.8, 4) is 0 Å². The molecule has 19 heavy (non-hydrogen) atoms. The largest absolute Gasteiger partial charge is 0.271 e. The lowest BCUT2D eigenvalue weighted by Gasteiger charge is -2.24. The van der Waals surface area contributed by atoms with Crippen LogP contribution in [0.3, 0.4) is 0 Å². The molecule has 1 atom stereocenters. The smallest absolute Gasteiger partial charge is 0.0705 e. The molecule has 1 aliphatic carbocycles. The van der Waals surface area contributed by atoms with E-state index in [-0.39, 0.29) is 6.04 Å². The Hall–Kier alpha value is -1.71. The van der Waals surface area contributed by atoms with Crippen molar-refractivity contribution in [1.29, 1.82) is 0 Å². The standard InChI is InChI=1S/C16H19N3/c17-19-16(12-6-2-1-3-7-12)14-8-4-10-15-13(14)9-5-11-18-15/h4-6,8-11,16,19H,1-3,7,17H2. The van der Waals surface area contributed by atoms with Crippen LogP contribution in [0.15, 0.2) is 48.2 Å². The van der Waals surface area contributed by atoms with Gasteiger partial charge in [-0.2, -0.15) is 0 Å². The van der Waals surface area contributed by atoms with E-state index >= 15 is 0 Å². The Labute approximate surface area is 113 Å². The number of allylic oxidation sites excluding steroid dienone is 1. The fourth-order valence-electron chi connectivity index (χ4n) is 2.90. The summed E-state index contributed by atoms with van der Waals surface area (Å²) in [6.45, 7) is 0. The summed E-state index contributed by atoms with van der Waals surface area (Å²) >= 11 is 0. The molecule has 1 aromatic carbocycles. The number of hydrazine groups is 1. The van der Waals surface area contributed by atoms with Gasteiger partial charge in [-0.1, -0.05) is 29.8 Å². The number of hydrogen-bond acceptors (Lipinski definition) is 3. The zero-order valence-electron chi connectivity index (χ0n) is 11.0. The second-order valence-electron chi connectivity index (χ2n) is 5.04. The first-order chi connectivity index (χ1) is 9.40. The average molecular weight is 253 g/mol. The monoisotopic (exact) mass is 253 g/mol. The molecule has 0 saturated carbocycles. The summed E-state index contributed by atoms with van der Waals surface area (Å²) < 4.78 is 0. The van der Waals surface area contributed by atoms with Gasteiger partial charge in [0.25, 0.3) is 0 Å². The SMILES string of the molecule is NNC(C1=CCCCC1)c1cccc2ncccc12. The predicted molar refractivity (Wildman–Crippen MR) is 78.4 cm³/mol. The summed E-state index contributed by atoms with van der Waals surface area (Å²) in [4.78, 5) is 4.42. The molecule has 3 nitrogen and oxygen atoms in total. The minimum Gasteiger partial charge on any atom is -0.271 e. The highest BCUT2D eigenvalue weighted by Gasteiger charge is 2.18. The molecule has 98 valence electrons. The Kier molecular flexibility index (Phi) is 3.58. The molecule has 0 radical (unpaired) electrons. The number of rotatable bonds is 3. The molecular weight excluding hydrogens is 234 g/mol. The second kappa shape index (κ2) is 5.51. The van der Waals surface area contributed by atoms with Crippen LogP contribution in [0.2, 0.25) is 0 Å². The maximum absolute atomic E-state index is 5.82. The number of aromatic nitrogens is 1. The van der Waals surface area contributed by atoms with E-state index in [1.54, 1.807) is 0 Å². The van der Waals surface area contributed by atoms with Gasteiger partial charge in [-0.3, -0.25) is 10.8 Å². The van der Waals surface area contributed by atoms with Gasteiger partial charge in [-0.25, -0.2) is 5.43 Å². The minimum atomic E-state index is 0.105. The molecule has 0 bridgehead atoms. The highest BCUT2D eigenvalue weighted by molar-refractivity contribution is 5.82. The van der Waals surface area contributed by atoms with E-state index in [1.165, 1.54) is 29.4 Å². The fourth-order valence-corrected chi connectivity index (χ4v) is 2.90. The average Bonchev–Trinajstić information content (AvgIpc) is 2.49. The molecule has 1 unspecified atom stereocenters. The van der Waals surface area contributed by atoms with Gasteiger partial charge in [0.05, 0.1) is 11.6 Å². The van der Waals surface area contributed by atoms with Crippen LogP contribution in [0.1, 0.15) is 37.3 Å². The molecule has 1 aliphatic rings. The van der Waals surface area contributed by atoms with E-state index in [0.29, 0.717) is 0 Å². The third kappa shape index (κ3) is 2.39. The normalized spacial score (nSPS) is 17.2. The van der Waals surface area contributed by atoms with Crippen molar-refractivity contribution < 1.29 is 0 Å². The topological polar surface area (TPSA) is 50.9 Å². The zero-order chi connectivity index (χ0) is 13.1. The van der Waals surface area contributed by atoms with E-state index in [0.717, 1.165) is 18.4 Å². The second-order valence-corrected chi connectivity index (χ2v) is 5.04. The molecule has 0 fully saturated rings. The maximum Gasteiger partial charge on any atom is 0.0705 e. The number of benzene rings is 1. The highest BCUT2D eigenvalue weighted by atomic mass is 15.2. The summed E-state index contributed by atoms with van der Waals surface area (Å²) in [5.41, 5.74) is 6.64. The molecule has 3 N–H and O–H groups in total. The predicted octanol–water partition coefficient (Wildman–Crippen LogP) is 3.24. The molecule has 1 heterocycles. The van der Waals surface area contributed by atoms with Crippen molar-refractivity contribution in [2.75, 3.05) is 0 Å². The zero-order valence-corrected chi connectivity index (χ0v) is 11.0. The van der Waals surface area contributed by atoms with E-state index < -0.39 is 0 Å². The number of fused-ring (bicyclic) bond motifs is 1. The molecule has 2 aromatic rings. The van der Waals surface area contributed by atoms with Crippen LogP contribution in [0.25, 0.3) is 10.9 Å². The molecule has 0 aliphatic heterocycles. The van der Waals surface area contributed by atoms with Crippen molar-refractivity contribution in [3.63, 3.8) is 0 Å². The van der Waals surface area contributed by atoms with E-state index in [1.807, 2.05) is 18.3 Å². The van der Waals surface area contributed by atoms with Crippen LogP contribution in [-0.4, -0.2) is 4.98 Å². The van der Waals surface area contributed by atoms with Crippen LogP contribution in [-0.2, 0) is 0 Å². The number of nitrogens with one attached hydrogen (secondary N) is 1. The summed E-state index contributed by atoms with van der Waals surface area (Å²) in [6.07, 6.45) is 9.01. The van der Waals surface area contributed by atoms with Gasteiger partial charge in [-0.15, -0.1) is 0 Å². The Balaban J connectivity index is 2.08. The number of hydrogen-bond donors (Lipinski definition) is 2. The fraction of sp³-hybridized carbons (Fsp3) is 0.312. The molecule has 0 spiro atoms. The van der Waals surface area contributed by atoms with Gasteiger partial charge >= 0.3 is 0 Å². The van der Waals surface area contributed by atoms with Gasteiger partial charge in [0.15, 0.2) is 0 Å². The summed E-state index contributed by atoms with van der Waals surface area (Å²) in [5, 5.41) is 1.18. The molecule has 1 aromatic heterocycles. The Bertz CT molecular complexity index is 598. The van der Waals surface area contributed by atoms with Crippen molar-refractivity contribution in [3.05, 3.63) is 53.7 Å². The van der Waals surface area contributed by atoms with Crippen molar-refractivity contribution >= 4 is 10.9 Å². The molecule has 3 rings (SSSR count). The lowest BCUT2D eigenvalue weighted by molar-refractivity contribution is 0.568. The first-order valence-electron chi connectivity index (χ1n) is 6.89. The lowest BCUT2D eigenvalue weighted by Crippen LogP contribution is -2.30. The van der Waals surface area contributed by atoms with E-state index in [9.17, 15) is 0 Å². The van der Waals surface area contributed by atoms with Crippen molar-refractivity contribution in [1.82, 2.24) is 10.4 Å².